The van der Waals surface area contributed by atoms with Gasteiger partial charge in [-0.15, -0.1) is 11.3 Å². The zero-order valence-corrected chi connectivity index (χ0v) is 16.6. The van der Waals surface area contributed by atoms with Crippen molar-refractivity contribution in [2.24, 2.45) is 0 Å². The van der Waals surface area contributed by atoms with E-state index in [2.05, 4.69) is 10.3 Å². The molecule has 0 unspecified atom stereocenters. The van der Waals surface area contributed by atoms with Crippen molar-refractivity contribution in [1.82, 2.24) is 4.98 Å². The number of fused-ring (bicyclic) bond motifs is 1. The minimum absolute atomic E-state index is 0.289. The van der Waals surface area contributed by atoms with E-state index in [0.29, 0.717) is 46.2 Å². The standard InChI is InChI=1S/C20H17ClN2O4S/c1-25-16-9-13(10-17-18(16)27-7-6-26-17)19(24)23-20-22-11-15(28-20)8-12-2-4-14(21)5-3-12/h2-5,9-11H,6-8H2,1H3,(H,22,23,24). The second kappa shape index (κ2) is 8.08. The Hall–Kier alpha value is -2.77. The summed E-state index contributed by atoms with van der Waals surface area (Å²) in [4.78, 5) is 18.0. The zero-order valence-electron chi connectivity index (χ0n) is 15.0. The van der Waals surface area contributed by atoms with E-state index in [1.54, 1.807) is 18.3 Å². The fourth-order valence-electron chi connectivity index (χ4n) is 2.82. The Morgan fingerprint density at radius 3 is 2.82 bits per heavy atom. The van der Waals surface area contributed by atoms with Crippen LogP contribution in [0, 0.1) is 0 Å². The van der Waals surface area contributed by atoms with E-state index in [9.17, 15) is 4.79 Å². The average Bonchev–Trinajstić information content (AvgIpc) is 3.15. The summed E-state index contributed by atoms with van der Waals surface area (Å²) in [6.07, 6.45) is 2.49. The zero-order chi connectivity index (χ0) is 19.5. The molecule has 0 saturated carbocycles. The summed E-state index contributed by atoms with van der Waals surface area (Å²) in [5.41, 5.74) is 1.54. The predicted octanol–water partition coefficient (Wildman–Crippen LogP) is 4.42. The average molecular weight is 417 g/mol. The second-order valence-electron chi connectivity index (χ2n) is 6.09. The van der Waals surface area contributed by atoms with Gasteiger partial charge in [0.1, 0.15) is 13.2 Å². The highest BCUT2D eigenvalue weighted by molar-refractivity contribution is 7.15. The number of anilines is 1. The first-order valence-electron chi connectivity index (χ1n) is 8.60. The molecule has 0 bridgehead atoms. The van der Waals surface area contributed by atoms with Crippen LogP contribution in [0.2, 0.25) is 5.02 Å². The highest BCUT2D eigenvalue weighted by Crippen LogP contribution is 2.40. The van der Waals surface area contributed by atoms with Crippen molar-refractivity contribution in [3.05, 3.63) is 63.6 Å². The van der Waals surface area contributed by atoms with Crippen molar-refractivity contribution in [2.75, 3.05) is 25.6 Å². The molecule has 28 heavy (non-hydrogen) atoms. The second-order valence-corrected chi connectivity index (χ2v) is 7.64. The van der Waals surface area contributed by atoms with Gasteiger partial charge in [0.25, 0.3) is 5.91 Å². The third kappa shape index (κ3) is 4.05. The molecule has 2 heterocycles. The number of methoxy groups -OCH3 is 1. The fraction of sp³-hybridized carbons (Fsp3) is 0.200. The normalized spacial score (nSPS) is 12.5. The molecule has 4 rings (SSSR count). The lowest BCUT2D eigenvalue weighted by Crippen LogP contribution is -2.18. The number of hydrogen-bond acceptors (Lipinski definition) is 6. The Morgan fingerprint density at radius 1 is 1.25 bits per heavy atom. The molecule has 0 aliphatic carbocycles. The van der Waals surface area contributed by atoms with E-state index in [-0.39, 0.29) is 5.91 Å². The number of nitrogens with one attached hydrogen (secondary N) is 1. The van der Waals surface area contributed by atoms with Crippen molar-refractivity contribution in [3.8, 4) is 17.2 Å². The topological polar surface area (TPSA) is 69.7 Å². The molecule has 0 fully saturated rings. The number of aromatic nitrogens is 1. The molecule has 0 saturated heterocycles. The van der Waals surface area contributed by atoms with E-state index in [1.807, 2.05) is 24.3 Å². The van der Waals surface area contributed by atoms with E-state index >= 15 is 0 Å². The number of nitrogens with zero attached hydrogens (tertiary/aromatic N) is 1. The summed E-state index contributed by atoms with van der Waals surface area (Å²) in [6, 6.07) is 10.9. The Kier molecular flexibility index (Phi) is 5.36. The van der Waals surface area contributed by atoms with Crippen LogP contribution in [0.5, 0.6) is 17.2 Å². The first kappa shape index (κ1) is 18.6. The molecular formula is C20H17ClN2O4S. The fourth-order valence-corrected chi connectivity index (χ4v) is 3.79. The van der Waals surface area contributed by atoms with Crippen LogP contribution in [0.1, 0.15) is 20.8 Å². The molecule has 1 aromatic heterocycles. The SMILES string of the molecule is COc1cc(C(=O)Nc2ncc(Cc3ccc(Cl)cc3)s2)cc2c1OCCO2. The van der Waals surface area contributed by atoms with E-state index < -0.39 is 0 Å². The Bertz CT molecular complexity index is 987. The number of halogens is 1. The molecule has 144 valence electrons. The Labute approximate surface area is 171 Å². The van der Waals surface area contributed by atoms with Crippen LogP contribution in [0.3, 0.4) is 0 Å². The van der Waals surface area contributed by atoms with Crippen LogP contribution in [-0.2, 0) is 6.42 Å². The number of carbonyl (C=O) groups is 1. The molecule has 0 radical (unpaired) electrons. The molecule has 0 spiro atoms. The van der Waals surface area contributed by atoms with Crippen LogP contribution in [0.25, 0.3) is 0 Å². The number of hydrogen-bond donors (Lipinski definition) is 1. The van der Waals surface area contributed by atoms with Gasteiger partial charge in [-0.3, -0.25) is 10.1 Å². The predicted molar refractivity (Wildman–Crippen MR) is 108 cm³/mol. The maximum absolute atomic E-state index is 12.7. The minimum Gasteiger partial charge on any atom is -0.493 e. The van der Waals surface area contributed by atoms with E-state index in [0.717, 1.165) is 16.9 Å². The quantitative estimate of drug-likeness (QED) is 0.666. The molecule has 1 aliphatic heterocycles. The first-order chi connectivity index (χ1) is 13.6. The molecule has 8 heteroatoms. The first-order valence-corrected chi connectivity index (χ1v) is 9.80. The summed E-state index contributed by atoms with van der Waals surface area (Å²) in [5, 5.41) is 4.06. The van der Waals surface area contributed by atoms with Gasteiger partial charge in [0.05, 0.1) is 7.11 Å². The van der Waals surface area contributed by atoms with Gasteiger partial charge in [-0.1, -0.05) is 23.7 Å². The molecule has 1 N–H and O–H groups in total. The van der Waals surface area contributed by atoms with Crippen LogP contribution < -0.4 is 19.5 Å². The highest BCUT2D eigenvalue weighted by Gasteiger charge is 2.21. The van der Waals surface area contributed by atoms with Crippen molar-refractivity contribution in [3.63, 3.8) is 0 Å². The largest absolute Gasteiger partial charge is 0.493 e. The third-order valence-corrected chi connectivity index (χ3v) is 5.32. The smallest absolute Gasteiger partial charge is 0.257 e. The van der Waals surface area contributed by atoms with E-state index in [4.69, 9.17) is 25.8 Å². The summed E-state index contributed by atoms with van der Waals surface area (Å²) in [7, 11) is 1.53. The number of ether oxygens (including phenoxy) is 3. The highest BCUT2D eigenvalue weighted by atomic mass is 35.5. The summed E-state index contributed by atoms with van der Waals surface area (Å²) in [6.45, 7) is 0.881. The number of amides is 1. The van der Waals surface area contributed by atoms with Gasteiger partial charge in [0.15, 0.2) is 16.6 Å². The van der Waals surface area contributed by atoms with Crippen LogP contribution in [0.15, 0.2) is 42.6 Å². The van der Waals surface area contributed by atoms with Crippen molar-refractivity contribution in [1.29, 1.82) is 0 Å². The maximum Gasteiger partial charge on any atom is 0.257 e. The minimum atomic E-state index is -0.289. The van der Waals surface area contributed by atoms with Crippen molar-refractivity contribution >= 4 is 34.0 Å². The van der Waals surface area contributed by atoms with Gasteiger partial charge in [-0.25, -0.2) is 4.98 Å². The molecule has 6 nitrogen and oxygen atoms in total. The third-order valence-electron chi connectivity index (χ3n) is 4.16. The molecule has 1 amide bonds. The lowest BCUT2D eigenvalue weighted by Gasteiger charge is -2.21. The van der Waals surface area contributed by atoms with Gasteiger partial charge in [-0.05, 0) is 29.8 Å². The van der Waals surface area contributed by atoms with Gasteiger partial charge < -0.3 is 14.2 Å². The number of carbonyl (C=O) groups excluding carboxylic acids is 1. The van der Waals surface area contributed by atoms with Gasteiger partial charge in [0.2, 0.25) is 5.75 Å². The molecule has 0 atom stereocenters. The van der Waals surface area contributed by atoms with Gasteiger partial charge in [-0.2, -0.15) is 0 Å². The number of rotatable bonds is 5. The van der Waals surface area contributed by atoms with Crippen LogP contribution >= 0.6 is 22.9 Å². The van der Waals surface area contributed by atoms with Gasteiger partial charge >= 0.3 is 0 Å². The van der Waals surface area contributed by atoms with Crippen LogP contribution in [-0.4, -0.2) is 31.2 Å². The number of thiazole rings is 1. The molecule has 1 aliphatic rings. The lowest BCUT2D eigenvalue weighted by atomic mass is 10.1. The molecule has 3 aromatic rings. The van der Waals surface area contributed by atoms with Crippen LogP contribution in [0.4, 0.5) is 5.13 Å². The summed E-state index contributed by atoms with van der Waals surface area (Å²) < 4.78 is 16.5. The molecular weight excluding hydrogens is 400 g/mol. The summed E-state index contributed by atoms with van der Waals surface area (Å²) in [5.74, 6) is 1.19. The van der Waals surface area contributed by atoms with Crippen molar-refractivity contribution < 1.29 is 19.0 Å². The molecule has 2 aromatic carbocycles. The Morgan fingerprint density at radius 2 is 2.04 bits per heavy atom. The monoisotopic (exact) mass is 416 g/mol. The van der Waals surface area contributed by atoms with E-state index in [1.165, 1.54) is 18.4 Å². The summed E-state index contributed by atoms with van der Waals surface area (Å²) >= 11 is 7.35. The van der Waals surface area contributed by atoms with Crippen molar-refractivity contribution in [2.45, 2.75) is 6.42 Å². The Balaban J connectivity index is 1.48. The number of benzene rings is 2. The van der Waals surface area contributed by atoms with Gasteiger partial charge in [0, 0.05) is 28.1 Å². The lowest BCUT2D eigenvalue weighted by molar-refractivity contribution is 0.102. The maximum atomic E-state index is 12.7.